The van der Waals surface area contributed by atoms with Gasteiger partial charge < -0.3 is 10.4 Å². The molecule has 0 spiro atoms. The SMILES string of the molecule is Cc1cc(Br)cnc1CCCNc1ncc(Cc2cccnc2)cc1O. The molecule has 0 aliphatic heterocycles. The van der Waals surface area contributed by atoms with Gasteiger partial charge in [0.25, 0.3) is 0 Å². The number of pyridine rings is 3. The smallest absolute Gasteiger partial charge is 0.168 e. The standard InChI is InChI=1S/C20H21BrN4O/c1-14-8-17(21)13-24-18(14)5-3-7-23-20-19(26)10-16(12-25-20)9-15-4-2-6-22-11-15/h2,4,6,8,10-13,26H,3,5,7,9H2,1H3,(H,23,25). The molecule has 0 saturated heterocycles. The highest BCUT2D eigenvalue weighted by Crippen LogP contribution is 2.22. The summed E-state index contributed by atoms with van der Waals surface area (Å²) in [5.74, 6) is 0.685. The van der Waals surface area contributed by atoms with Gasteiger partial charge in [-0.15, -0.1) is 0 Å². The summed E-state index contributed by atoms with van der Waals surface area (Å²) in [4.78, 5) is 12.9. The van der Waals surface area contributed by atoms with Gasteiger partial charge in [0.15, 0.2) is 11.6 Å². The molecule has 0 unspecified atom stereocenters. The van der Waals surface area contributed by atoms with Crippen LogP contribution in [-0.4, -0.2) is 26.6 Å². The molecule has 0 fully saturated rings. The summed E-state index contributed by atoms with van der Waals surface area (Å²) in [5, 5.41) is 13.4. The second-order valence-corrected chi connectivity index (χ2v) is 7.11. The molecule has 3 aromatic rings. The number of rotatable bonds is 7. The van der Waals surface area contributed by atoms with Crippen LogP contribution in [0.3, 0.4) is 0 Å². The highest BCUT2D eigenvalue weighted by Gasteiger charge is 2.06. The number of nitrogens with zero attached hydrogens (tertiary/aromatic N) is 3. The van der Waals surface area contributed by atoms with Crippen molar-refractivity contribution in [1.82, 2.24) is 15.0 Å². The van der Waals surface area contributed by atoms with Crippen molar-refractivity contribution in [2.45, 2.75) is 26.2 Å². The first-order chi connectivity index (χ1) is 12.6. The number of aromatic nitrogens is 3. The van der Waals surface area contributed by atoms with Crippen LogP contribution in [0.25, 0.3) is 0 Å². The van der Waals surface area contributed by atoms with Crippen LogP contribution in [0.5, 0.6) is 5.75 Å². The molecule has 3 heterocycles. The van der Waals surface area contributed by atoms with E-state index in [4.69, 9.17) is 0 Å². The number of aryl methyl sites for hydroxylation is 2. The van der Waals surface area contributed by atoms with Crippen LogP contribution >= 0.6 is 15.9 Å². The van der Waals surface area contributed by atoms with Gasteiger partial charge in [-0.3, -0.25) is 9.97 Å². The van der Waals surface area contributed by atoms with E-state index in [0.29, 0.717) is 12.2 Å². The maximum Gasteiger partial charge on any atom is 0.168 e. The molecule has 0 saturated carbocycles. The predicted octanol–water partition coefficient (Wildman–Crippen LogP) is 4.28. The second-order valence-electron chi connectivity index (χ2n) is 6.20. The fraction of sp³-hybridized carbons (Fsp3) is 0.250. The Hall–Kier alpha value is -2.47. The highest BCUT2D eigenvalue weighted by molar-refractivity contribution is 9.10. The molecule has 0 atom stereocenters. The Balaban J connectivity index is 1.52. The summed E-state index contributed by atoms with van der Waals surface area (Å²) < 4.78 is 0.998. The molecular weight excluding hydrogens is 392 g/mol. The molecule has 0 aromatic carbocycles. The Morgan fingerprint density at radius 2 is 2.00 bits per heavy atom. The molecule has 26 heavy (non-hydrogen) atoms. The van der Waals surface area contributed by atoms with Crippen LogP contribution in [-0.2, 0) is 12.8 Å². The minimum Gasteiger partial charge on any atom is -0.504 e. The van der Waals surface area contributed by atoms with Crippen LogP contribution < -0.4 is 5.32 Å². The van der Waals surface area contributed by atoms with Gasteiger partial charge in [-0.05, 0) is 70.6 Å². The molecule has 0 radical (unpaired) electrons. The third kappa shape index (κ3) is 5.02. The van der Waals surface area contributed by atoms with Gasteiger partial charge >= 0.3 is 0 Å². The van der Waals surface area contributed by atoms with E-state index >= 15 is 0 Å². The van der Waals surface area contributed by atoms with E-state index in [9.17, 15) is 5.11 Å². The van der Waals surface area contributed by atoms with Gasteiger partial charge in [0, 0.05) is 47.9 Å². The Labute approximate surface area is 161 Å². The molecule has 134 valence electrons. The van der Waals surface area contributed by atoms with Gasteiger partial charge in [0.2, 0.25) is 0 Å². The lowest BCUT2D eigenvalue weighted by molar-refractivity contribution is 0.474. The van der Waals surface area contributed by atoms with E-state index in [2.05, 4.69) is 49.2 Å². The highest BCUT2D eigenvalue weighted by atomic mass is 79.9. The fourth-order valence-electron chi connectivity index (χ4n) is 2.76. The third-order valence-electron chi connectivity index (χ3n) is 4.09. The zero-order chi connectivity index (χ0) is 18.4. The molecule has 0 amide bonds. The van der Waals surface area contributed by atoms with Gasteiger partial charge in [0.05, 0.1) is 0 Å². The Bertz CT molecular complexity index is 871. The van der Waals surface area contributed by atoms with E-state index in [1.165, 1.54) is 5.56 Å². The number of halogens is 1. The largest absolute Gasteiger partial charge is 0.504 e. The molecule has 6 heteroatoms. The zero-order valence-electron chi connectivity index (χ0n) is 14.6. The average molecular weight is 413 g/mol. The quantitative estimate of drug-likeness (QED) is 0.566. The first kappa shape index (κ1) is 18.3. The maximum atomic E-state index is 10.2. The van der Waals surface area contributed by atoms with Crippen molar-refractivity contribution in [2.75, 3.05) is 11.9 Å². The zero-order valence-corrected chi connectivity index (χ0v) is 16.2. The predicted molar refractivity (Wildman–Crippen MR) is 106 cm³/mol. The van der Waals surface area contributed by atoms with E-state index < -0.39 is 0 Å². The Morgan fingerprint density at radius 3 is 2.73 bits per heavy atom. The number of anilines is 1. The second kappa shape index (κ2) is 8.76. The maximum absolute atomic E-state index is 10.2. The van der Waals surface area contributed by atoms with Gasteiger partial charge in [-0.2, -0.15) is 0 Å². The van der Waals surface area contributed by atoms with E-state index in [1.807, 2.05) is 24.5 Å². The first-order valence-electron chi connectivity index (χ1n) is 8.53. The molecular formula is C20H21BrN4O. The molecule has 3 aromatic heterocycles. The van der Waals surface area contributed by atoms with Crippen LogP contribution in [0.4, 0.5) is 5.82 Å². The molecule has 0 aliphatic rings. The summed E-state index contributed by atoms with van der Waals surface area (Å²) in [6.45, 7) is 2.79. The lowest BCUT2D eigenvalue weighted by Gasteiger charge is -2.10. The molecule has 5 nitrogen and oxygen atoms in total. The fourth-order valence-corrected chi connectivity index (χ4v) is 3.21. The Morgan fingerprint density at radius 1 is 1.12 bits per heavy atom. The molecule has 3 rings (SSSR count). The average Bonchev–Trinajstić information content (AvgIpc) is 2.62. The van der Waals surface area contributed by atoms with E-state index in [1.54, 1.807) is 18.5 Å². The summed E-state index contributed by atoms with van der Waals surface area (Å²) in [5.41, 5.74) is 4.32. The van der Waals surface area contributed by atoms with E-state index in [-0.39, 0.29) is 5.75 Å². The third-order valence-corrected chi connectivity index (χ3v) is 4.53. The minimum absolute atomic E-state index is 0.171. The van der Waals surface area contributed by atoms with Crippen molar-refractivity contribution in [3.05, 3.63) is 75.9 Å². The van der Waals surface area contributed by atoms with Crippen molar-refractivity contribution in [2.24, 2.45) is 0 Å². The van der Waals surface area contributed by atoms with Crippen molar-refractivity contribution in [3.8, 4) is 5.75 Å². The van der Waals surface area contributed by atoms with Crippen LogP contribution in [0.1, 0.15) is 28.8 Å². The summed E-state index contributed by atoms with van der Waals surface area (Å²) in [6.07, 6.45) is 9.67. The number of hydrogen-bond acceptors (Lipinski definition) is 5. The summed E-state index contributed by atoms with van der Waals surface area (Å²) >= 11 is 3.43. The lowest BCUT2D eigenvalue weighted by atomic mass is 10.1. The van der Waals surface area contributed by atoms with Gasteiger partial charge in [-0.25, -0.2) is 4.98 Å². The lowest BCUT2D eigenvalue weighted by Crippen LogP contribution is -2.06. The summed E-state index contributed by atoms with van der Waals surface area (Å²) in [7, 11) is 0. The number of nitrogens with one attached hydrogen (secondary N) is 1. The molecule has 0 aliphatic carbocycles. The molecule has 2 N–H and O–H groups in total. The summed E-state index contributed by atoms with van der Waals surface area (Å²) in [6, 6.07) is 7.74. The van der Waals surface area contributed by atoms with Gasteiger partial charge in [0.1, 0.15) is 0 Å². The monoisotopic (exact) mass is 412 g/mol. The van der Waals surface area contributed by atoms with Crippen LogP contribution in [0, 0.1) is 6.92 Å². The number of aromatic hydroxyl groups is 1. The van der Waals surface area contributed by atoms with Crippen LogP contribution in [0.15, 0.2) is 53.5 Å². The van der Waals surface area contributed by atoms with Crippen molar-refractivity contribution >= 4 is 21.7 Å². The topological polar surface area (TPSA) is 70.9 Å². The minimum atomic E-state index is 0.171. The first-order valence-corrected chi connectivity index (χ1v) is 9.33. The van der Waals surface area contributed by atoms with Crippen molar-refractivity contribution < 1.29 is 5.11 Å². The Kier molecular flexibility index (Phi) is 6.17. The normalized spacial score (nSPS) is 10.7. The number of hydrogen-bond donors (Lipinski definition) is 2. The van der Waals surface area contributed by atoms with Crippen LogP contribution in [0.2, 0.25) is 0 Å². The van der Waals surface area contributed by atoms with Crippen molar-refractivity contribution in [3.63, 3.8) is 0 Å². The molecule has 0 bridgehead atoms. The van der Waals surface area contributed by atoms with Crippen molar-refractivity contribution in [1.29, 1.82) is 0 Å². The van der Waals surface area contributed by atoms with Gasteiger partial charge in [-0.1, -0.05) is 6.07 Å². The van der Waals surface area contributed by atoms with E-state index in [0.717, 1.165) is 40.7 Å².